The van der Waals surface area contributed by atoms with Gasteiger partial charge in [-0.05, 0) is 29.8 Å². The van der Waals surface area contributed by atoms with Crippen molar-refractivity contribution in [2.45, 2.75) is 13.8 Å². The second kappa shape index (κ2) is 5.70. The van der Waals surface area contributed by atoms with Gasteiger partial charge in [-0.15, -0.1) is 0 Å². The van der Waals surface area contributed by atoms with E-state index in [1.165, 1.54) is 12.4 Å². The molecule has 0 saturated heterocycles. The highest BCUT2D eigenvalue weighted by Gasteiger charge is 2.28. The highest BCUT2D eigenvalue weighted by atomic mass is 79.9. The molecule has 0 fully saturated rings. The minimum Gasteiger partial charge on any atom is -0.304 e. The van der Waals surface area contributed by atoms with Gasteiger partial charge in [-0.25, -0.2) is 9.97 Å². The van der Waals surface area contributed by atoms with Crippen LogP contribution >= 0.6 is 23.5 Å². The summed E-state index contributed by atoms with van der Waals surface area (Å²) in [6.45, 7) is 4.10. The maximum atomic E-state index is 12.2. The molecule has 1 aromatic heterocycles. The Morgan fingerprint density at radius 3 is 2.27 bits per heavy atom. The maximum Gasteiger partial charge on any atom is 0.381 e. The lowest BCUT2D eigenvalue weighted by molar-refractivity contribution is 0.229. The van der Waals surface area contributed by atoms with Crippen molar-refractivity contribution in [2.24, 2.45) is 0 Å². The van der Waals surface area contributed by atoms with Crippen LogP contribution in [0.1, 0.15) is 13.8 Å². The topological polar surface area (TPSA) is 61.3 Å². The van der Waals surface area contributed by atoms with Crippen molar-refractivity contribution >= 4 is 29.0 Å². The van der Waals surface area contributed by atoms with E-state index in [0.29, 0.717) is 17.8 Å². The first-order valence-corrected chi connectivity index (χ1v) is 6.83. The average molecular weight is 295 g/mol. The molecule has 84 valence electrons. The van der Waals surface area contributed by atoms with E-state index in [0.717, 1.165) is 0 Å². The fourth-order valence-electron chi connectivity index (χ4n) is 0.956. The SMILES string of the molecule is CCOP(=O)(OCC)c1cnc(Br)cn1. The van der Waals surface area contributed by atoms with Gasteiger partial charge in [0.2, 0.25) is 0 Å². The standard InChI is InChI=1S/C8H12BrN2O3P/c1-3-13-15(12,14-4-2)8-6-10-7(9)5-11-8/h5-6H,3-4H2,1-2H3. The Hall–Kier alpha value is -0.290. The largest absolute Gasteiger partial charge is 0.381 e. The first-order chi connectivity index (χ1) is 7.12. The van der Waals surface area contributed by atoms with E-state index >= 15 is 0 Å². The Morgan fingerprint density at radius 2 is 1.87 bits per heavy atom. The highest BCUT2D eigenvalue weighted by molar-refractivity contribution is 9.10. The Morgan fingerprint density at radius 1 is 1.27 bits per heavy atom. The molecule has 7 heteroatoms. The minimum absolute atomic E-state index is 0.231. The van der Waals surface area contributed by atoms with Crippen molar-refractivity contribution in [3.63, 3.8) is 0 Å². The summed E-state index contributed by atoms with van der Waals surface area (Å²) in [5, 5.41) is 0. The van der Waals surface area contributed by atoms with Crippen molar-refractivity contribution in [1.29, 1.82) is 0 Å². The molecule has 0 amide bonds. The smallest absolute Gasteiger partial charge is 0.304 e. The average Bonchev–Trinajstić information content (AvgIpc) is 2.19. The number of aromatic nitrogens is 2. The number of hydrogen-bond acceptors (Lipinski definition) is 5. The maximum absolute atomic E-state index is 12.2. The molecule has 0 saturated carbocycles. The molecule has 0 radical (unpaired) electrons. The van der Waals surface area contributed by atoms with Crippen LogP contribution in [0.5, 0.6) is 0 Å². The fourth-order valence-corrected chi connectivity index (χ4v) is 2.58. The summed E-state index contributed by atoms with van der Waals surface area (Å²) < 4.78 is 23.0. The van der Waals surface area contributed by atoms with Crippen LogP contribution in [0.25, 0.3) is 0 Å². The van der Waals surface area contributed by atoms with Crippen LogP contribution in [0.4, 0.5) is 0 Å². The first-order valence-electron chi connectivity index (χ1n) is 4.49. The lowest BCUT2D eigenvalue weighted by Gasteiger charge is -2.15. The number of rotatable bonds is 5. The highest BCUT2D eigenvalue weighted by Crippen LogP contribution is 2.45. The van der Waals surface area contributed by atoms with Crippen molar-refractivity contribution in [3.05, 3.63) is 17.0 Å². The molecule has 5 nitrogen and oxygen atoms in total. The number of nitrogens with zero attached hydrogens (tertiary/aromatic N) is 2. The van der Waals surface area contributed by atoms with Crippen molar-refractivity contribution in [2.75, 3.05) is 13.2 Å². The lowest BCUT2D eigenvalue weighted by Crippen LogP contribution is -2.14. The summed E-state index contributed by atoms with van der Waals surface area (Å²) >= 11 is 3.15. The quantitative estimate of drug-likeness (QED) is 0.779. The van der Waals surface area contributed by atoms with E-state index in [9.17, 15) is 4.57 Å². The summed E-state index contributed by atoms with van der Waals surface area (Å²) in [6.07, 6.45) is 2.84. The van der Waals surface area contributed by atoms with Gasteiger partial charge in [0.05, 0.1) is 25.6 Å². The molecule has 0 spiro atoms. The van der Waals surface area contributed by atoms with Crippen molar-refractivity contribution in [1.82, 2.24) is 9.97 Å². The summed E-state index contributed by atoms with van der Waals surface area (Å²) in [5.74, 6) is 0. The van der Waals surface area contributed by atoms with Crippen LogP contribution in [0.2, 0.25) is 0 Å². The Kier molecular flexibility index (Phi) is 4.86. The van der Waals surface area contributed by atoms with Gasteiger partial charge in [0.1, 0.15) is 4.60 Å². The Bertz CT molecular complexity index is 347. The molecule has 0 aliphatic heterocycles. The van der Waals surface area contributed by atoms with E-state index < -0.39 is 7.60 Å². The van der Waals surface area contributed by atoms with E-state index in [2.05, 4.69) is 25.9 Å². The molecule has 0 N–H and O–H groups in total. The monoisotopic (exact) mass is 294 g/mol. The molecular weight excluding hydrogens is 283 g/mol. The van der Waals surface area contributed by atoms with Gasteiger partial charge in [0.15, 0.2) is 5.44 Å². The number of hydrogen-bond donors (Lipinski definition) is 0. The van der Waals surface area contributed by atoms with Gasteiger partial charge in [-0.3, -0.25) is 4.57 Å². The second-order valence-electron chi connectivity index (χ2n) is 2.53. The third-order valence-electron chi connectivity index (χ3n) is 1.49. The fraction of sp³-hybridized carbons (Fsp3) is 0.500. The Balaban J connectivity index is 2.98. The van der Waals surface area contributed by atoms with E-state index in [4.69, 9.17) is 9.05 Å². The van der Waals surface area contributed by atoms with E-state index in [1.54, 1.807) is 13.8 Å². The molecule has 1 aromatic rings. The van der Waals surface area contributed by atoms with Crippen LogP contribution in [0, 0.1) is 0 Å². The first kappa shape index (κ1) is 12.8. The van der Waals surface area contributed by atoms with E-state index in [1.807, 2.05) is 0 Å². The normalized spacial score (nSPS) is 11.7. The molecule has 0 aromatic carbocycles. The minimum atomic E-state index is -3.29. The third-order valence-corrected chi connectivity index (χ3v) is 3.88. The molecule has 1 heterocycles. The molecule has 0 bridgehead atoms. The van der Waals surface area contributed by atoms with Crippen molar-refractivity contribution in [3.8, 4) is 0 Å². The van der Waals surface area contributed by atoms with Crippen molar-refractivity contribution < 1.29 is 13.6 Å². The van der Waals surface area contributed by atoms with Crippen LogP contribution < -0.4 is 5.44 Å². The molecule has 15 heavy (non-hydrogen) atoms. The van der Waals surface area contributed by atoms with Gasteiger partial charge >= 0.3 is 7.60 Å². The zero-order chi connectivity index (χ0) is 11.3. The van der Waals surface area contributed by atoms with Gasteiger partial charge in [0.25, 0.3) is 0 Å². The zero-order valence-corrected chi connectivity index (χ0v) is 11.0. The van der Waals surface area contributed by atoms with E-state index in [-0.39, 0.29) is 5.44 Å². The van der Waals surface area contributed by atoms with Gasteiger partial charge in [-0.2, -0.15) is 0 Å². The van der Waals surface area contributed by atoms with Crippen LogP contribution in [0.3, 0.4) is 0 Å². The molecule has 1 rings (SSSR count). The van der Waals surface area contributed by atoms with Crippen LogP contribution in [-0.4, -0.2) is 23.2 Å². The number of halogens is 1. The summed E-state index contributed by atoms with van der Waals surface area (Å²) in [7, 11) is -3.29. The zero-order valence-electron chi connectivity index (χ0n) is 8.51. The van der Waals surface area contributed by atoms with Crippen LogP contribution in [0.15, 0.2) is 17.0 Å². The van der Waals surface area contributed by atoms with Gasteiger partial charge in [-0.1, -0.05) is 0 Å². The Labute approximate surface area is 96.9 Å². The second-order valence-corrected chi connectivity index (χ2v) is 5.31. The summed E-state index contributed by atoms with van der Waals surface area (Å²) in [4.78, 5) is 7.90. The predicted octanol–water partition coefficient (Wildman–Crippen LogP) is 2.13. The van der Waals surface area contributed by atoms with Gasteiger partial charge < -0.3 is 9.05 Å². The molecule has 0 unspecified atom stereocenters. The molecule has 0 aliphatic carbocycles. The van der Waals surface area contributed by atoms with Gasteiger partial charge in [0, 0.05) is 0 Å². The summed E-state index contributed by atoms with van der Waals surface area (Å²) in [6, 6.07) is 0. The predicted molar refractivity (Wildman–Crippen MR) is 60.2 cm³/mol. The molecular formula is C8H12BrN2O3P. The lowest BCUT2D eigenvalue weighted by atomic mass is 10.8. The van der Waals surface area contributed by atoms with Crippen LogP contribution in [-0.2, 0) is 13.6 Å². The summed E-state index contributed by atoms with van der Waals surface area (Å²) in [5.41, 5.74) is 0.231. The molecule has 0 aliphatic rings. The third kappa shape index (κ3) is 3.34. The molecule has 0 atom stereocenters.